The number of benzene rings is 1. The number of anilines is 2. The van der Waals surface area contributed by atoms with Crippen molar-refractivity contribution in [2.24, 2.45) is 0 Å². The lowest BCUT2D eigenvalue weighted by Crippen LogP contribution is -2.19. The zero-order valence-corrected chi connectivity index (χ0v) is 11.6. The molecule has 0 aliphatic carbocycles. The first-order valence-electron chi connectivity index (χ1n) is 6.77. The van der Waals surface area contributed by atoms with Crippen molar-refractivity contribution >= 4 is 17.3 Å². The fraction of sp³-hybridized carbons (Fsp3) is 0.500. The van der Waals surface area contributed by atoms with Crippen molar-refractivity contribution < 1.29 is 19.0 Å². The van der Waals surface area contributed by atoms with Crippen LogP contribution in [0, 0.1) is 0 Å². The zero-order chi connectivity index (χ0) is 14.4. The molecule has 1 aromatic rings. The fourth-order valence-corrected chi connectivity index (χ4v) is 1.83. The summed E-state index contributed by atoms with van der Waals surface area (Å²) in [7, 11) is 0. The Hall–Kier alpha value is -1.95. The summed E-state index contributed by atoms with van der Waals surface area (Å²) in [6, 6.07) is 3.36. The highest BCUT2D eigenvalue weighted by molar-refractivity contribution is 5.95. The maximum absolute atomic E-state index is 11.7. The SMILES string of the molecule is CCCOCC(=O)Nc1cc2c(cc1N)OCCCO2. The zero-order valence-electron chi connectivity index (χ0n) is 11.6. The Balaban J connectivity index is 2.04. The summed E-state index contributed by atoms with van der Waals surface area (Å²) in [6.45, 7) is 3.75. The lowest BCUT2D eigenvalue weighted by atomic mass is 10.2. The number of nitrogens with one attached hydrogen (secondary N) is 1. The van der Waals surface area contributed by atoms with Crippen LogP contribution in [0.3, 0.4) is 0 Å². The van der Waals surface area contributed by atoms with E-state index < -0.39 is 0 Å². The summed E-state index contributed by atoms with van der Waals surface area (Å²) in [6.07, 6.45) is 1.70. The molecular formula is C14H20N2O4. The molecule has 0 saturated heterocycles. The molecule has 0 spiro atoms. The van der Waals surface area contributed by atoms with Crippen LogP contribution >= 0.6 is 0 Å². The number of amides is 1. The number of nitrogens with two attached hydrogens (primary N) is 1. The van der Waals surface area contributed by atoms with Crippen LogP contribution < -0.4 is 20.5 Å². The van der Waals surface area contributed by atoms with Gasteiger partial charge in [-0.25, -0.2) is 0 Å². The second-order valence-corrected chi connectivity index (χ2v) is 4.54. The van der Waals surface area contributed by atoms with Crippen molar-refractivity contribution in [3.05, 3.63) is 12.1 Å². The van der Waals surface area contributed by atoms with Gasteiger partial charge in [-0.15, -0.1) is 0 Å². The van der Waals surface area contributed by atoms with Gasteiger partial charge in [0, 0.05) is 25.2 Å². The summed E-state index contributed by atoms with van der Waals surface area (Å²) < 4.78 is 16.3. The minimum atomic E-state index is -0.236. The van der Waals surface area contributed by atoms with Crippen LogP contribution in [0.2, 0.25) is 0 Å². The van der Waals surface area contributed by atoms with Crippen LogP contribution in [0.15, 0.2) is 12.1 Å². The molecule has 0 atom stereocenters. The molecule has 0 unspecified atom stereocenters. The van der Waals surface area contributed by atoms with Gasteiger partial charge < -0.3 is 25.3 Å². The van der Waals surface area contributed by atoms with Crippen molar-refractivity contribution in [3.8, 4) is 11.5 Å². The summed E-state index contributed by atoms with van der Waals surface area (Å²) in [4.78, 5) is 11.7. The van der Waals surface area contributed by atoms with E-state index in [2.05, 4.69) is 5.32 Å². The Bertz CT molecular complexity index is 476. The van der Waals surface area contributed by atoms with Crippen molar-refractivity contribution in [1.82, 2.24) is 0 Å². The number of carbonyl (C=O) groups excluding carboxylic acids is 1. The highest BCUT2D eigenvalue weighted by atomic mass is 16.5. The summed E-state index contributed by atoms with van der Waals surface area (Å²) >= 11 is 0. The van der Waals surface area contributed by atoms with Crippen molar-refractivity contribution in [1.29, 1.82) is 0 Å². The number of ether oxygens (including phenoxy) is 3. The molecule has 1 amide bonds. The van der Waals surface area contributed by atoms with E-state index in [-0.39, 0.29) is 12.5 Å². The van der Waals surface area contributed by atoms with Crippen LogP contribution in [-0.4, -0.2) is 32.3 Å². The Kier molecular flexibility index (Phi) is 5.06. The first-order valence-corrected chi connectivity index (χ1v) is 6.77. The number of hydrogen-bond donors (Lipinski definition) is 2. The van der Waals surface area contributed by atoms with Gasteiger partial charge in [-0.1, -0.05) is 6.92 Å². The largest absolute Gasteiger partial charge is 0.489 e. The number of fused-ring (bicyclic) bond motifs is 1. The normalized spacial score (nSPS) is 13.7. The van der Waals surface area contributed by atoms with E-state index in [9.17, 15) is 4.79 Å². The van der Waals surface area contributed by atoms with E-state index in [0.29, 0.717) is 42.7 Å². The van der Waals surface area contributed by atoms with Crippen molar-refractivity contribution in [2.75, 3.05) is 37.5 Å². The van der Waals surface area contributed by atoms with Crippen molar-refractivity contribution in [2.45, 2.75) is 19.8 Å². The molecule has 6 heteroatoms. The van der Waals surface area contributed by atoms with Crippen LogP contribution in [-0.2, 0) is 9.53 Å². The highest BCUT2D eigenvalue weighted by Gasteiger charge is 2.15. The lowest BCUT2D eigenvalue weighted by molar-refractivity contribution is -0.120. The molecule has 0 bridgehead atoms. The molecule has 1 aliphatic heterocycles. The van der Waals surface area contributed by atoms with Gasteiger partial charge in [-0.05, 0) is 6.42 Å². The van der Waals surface area contributed by atoms with Crippen LogP contribution in [0.25, 0.3) is 0 Å². The van der Waals surface area contributed by atoms with E-state index in [1.54, 1.807) is 12.1 Å². The van der Waals surface area contributed by atoms with E-state index >= 15 is 0 Å². The molecule has 2 rings (SSSR count). The molecule has 1 heterocycles. The Morgan fingerprint density at radius 2 is 2.05 bits per heavy atom. The molecular weight excluding hydrogens is 260 g/mol. The minimum Gasteiger partial charge on any atom is -0.489 e. The van der Waals surface area contributed by atoms with Crippen molar-refractivity contribution in [3.63, 3.8) is 0 Å². The van der Waals surface area contributed by atoms with Gasteiger partial charge in [0.25, 0.3) is 0 Å². The predicted molar refractivity (Wildman–Crippen MR) is 76.2 cm³/mol. The standard InChI is InChI=1S/C14H20N2O4/c1-2-4-18-9-14(17)16-11-8-13-12(7-10(11)15)19-5-3-6-20-13/h7-8H,2-6,9,15H2,1H3,(H,16,17). The Morgan fingerprint density at radius 3 is 2.75 bits per heavy atom. The maximum atomic E-state index is 11.7. The van der Waals surface area contributed by atoms with Crippen LogP contribution in [0.5, 0.6) is 11.5 Å². The van der Waals surface area contributed by atoms with Crippen LogP contribution in [0.4, 0.5) is 11.4 Å². The minimum absolute atomic E-state index is 0.0156. The predicted octanol–water partition coefficient (Wildman–Crippen LogP) is 1.80. The second kappa shape index (κ2) is 7.00. The quantitative estimate of drug-likeness (QED) is 0.634. The molecule has 20 heavy (non-hydrogen) atoms. The van der Waals surface area contributed by atoms with Gasteiger partial charge in [-0.2, -0.15) is 0 Å². The fourth-order valence-electron chi connectivity index (χ4n) is 1.83. The number of hydrogen-bond acceptors (Lipinski definition) is 5. The molecule has 1 aromatic carbocycles. The van der Waals surface area contributed by atoms with E-state index in [1.807, 2.05) is 6.92 Å². The maximum Gasteiger partial charge on any atom is 0.250 e. The molecule has 6 nitrogen and oxygen atoms in total. The monoisotopic (exact) mass is 280 g/mol. The second-order valence-electron chi connectivity index (χ2n) is 4.54. The summed E-state index contributed by atoms with van der Waals surface area (Å²) in [5, 5.41) is 2.72. The smallest absolute Gasteiger partial charge is 0.250 e. The third-order valence-electron chi connectivity index (χ3n) is 2.78. The van der Waals surface area contributed by atoms with Gasteiger partial charge >= 0.3 is 0 Å². The Morgan fingerprint density at radius 1 is 1.35 bits per heavy atom. The average molecular weight is 280 g/mol. The average Bonchev–Trinajstić information content (AvgIpc) is 2.64. The van der Waals surface area contributed by atoms with E-state index in [0.717, 1.165) is 12.8 Å². The third kappa shape index (κ3) is 3.77. The first-order chi connectivity index (χ1) is 9.70. The summed E-state index contributed by atoms with van der Waals surface area (Å²) in [5.74, 6) is 0.973. The van der Waals surface area contributed by atoms with E-state index in [4.69, 9.17) is 19.9 Å². The molecule has 110 valence electrons. The van der Waals surface area contributed by atoms with Gasteiger partial charge in [0.05, 0.1) is 24.6 Å². The summed E-state index contributed by atoms with van der Waals surface area (Å²) in [5.41, 5.74) is 6.86. The molecule has 0 aromatic heterocycles. The van der Waals surface area contributed by atoms with Gasteiger partial charge in [-0.3, -0.25) is 4.79 Å². The number of rotatable bonds is 5. The highest BCUT2D eigenvalue weighted by Crippen LogP contribution is 2.36. The topological polar surface area (TPSA) is 82.8 Å². The molecule has 0 fully saturated rings. The third-order valence-corrected chi connectivity index (χ3v) is 2.78. The van der Waals surface area contributed by atoms with Gasteiger partial charge in [0.15, 0.2) is 11.5 Å². The molecule has 3 N–H and O–H groups in total. The van der Waals surface area contributed by atoms with Crippen LogP contribution in [0.1, 0.15) is 19.8 Å². The first kappa shape index (κ1) is 14.5. The van der Waals surface area contributed by atoms with Gasteiger partial charge in [0.2, 0.25) is 5.91 Å². The molecule has 0 saturated carbocycles. The molecule has 0 radical (unpaired) electrons. The number of carbonyl (C=O) groups is 1. The lowest BCUT2D eigenvalue weighted by Gasteiger charge is -2.13. The Labute approximate surface area is 118 Å². The number of nitrogen functional groups attached to an aromatic ring is 1. The van der Waals surface area contributed by atoms with Gasteiger partial charge in [0.1, 0.15) is 6.61 Å². The van der Waals surface area contributed by atoms with E-state index in [1.165, 1.54) is 0 Å². The molecule has 1 aliphatic rings.